The number of amides is 2. The molecule has 7 nitrogen and oxygen atoms in total. The molecule has 4 heterocycles. The predicted molar refractivity (Wildman–Crippen MR) is 99.0 cm³/mol. The van der Waals surface area contributed by atoms with Crippen LogP contribution in [0.2, 0.25) is 0 Å². The fourth-order valence-corrected chi connectivity index (χ4v) is 3.86. The van der Waals surface area contributed by atoms with Gasteiger partial charge in [-0.25, -0.2) is 4.79 Å². The summed E-state index contributed by atoms with van der Waals surface area (Å²) in [6.07, 6.45) is 7.82. The SMILES string of the molecule is CC1(C)O[C@@H]2[C@@H](O1)[C@@H](Cc1ccncc1)NC(=O)N[C@@H]2Cc1ccncc1. The summed E-state index contributed by atoms with van der Waals surface area (Å²) in [6, 6.07) is 7.23. The number of hydrogen-bond donors (Lipinski definition) is 2. The van der Waals surface area contributed by atoms with Crippen molar-refractivity contribution >= 4 is 6.03 Å². The van der Waals surface area contributed by atoms with Crippen molar-refractivity contribution in [1.29, 1.82) is 0 Å². The highest BCUT2D eigenvalue weighted by molar-refractivity contribution is 5.75. The Labute approximate surface area is 158 Å². The second-order valence-corrected chi connectivity index (χ2v) is 7.51. The number of aromatic nitrogens is 2. The van der Waals surface area contributed by atoms with E-state index in [4.69, 9.17) is 9.47 Å². The highest BCUT2D eigenvalue weighted by Crippen LogP contribution is 2.34. The van der Waals surface area contributed by atoms with Crippen molar-refractivity contribution in [2.75, 3.05) is 0 Å². The zero-order chi connectivity index (χ0) is 18.9. The van der Waals surface area contributed by atoms with Crippen LogP contribution in [0.3, 0.4) is 0 Å². The molecule has 2 fully saturated rings. The van der Waals surface area contributed by atoms with Gasteiger partial charge in [0.15, 0.2) is 5.79 Å². The third kappa shape index (κ3) is 4.09. The topological polar surface area (TPSA) is 85.4 Å². The first kappa shape index (κ1) is 17.9. The molecule has 2 saturated heterocycles. The smallest absolute Gasteiger partial charge is 0.315 e. The number of ether oxygens (including phenoxy) is 2. The number of nitrogens with zero attached hydrogens (tertiary/aromatic N) is 2. The minimum atomic E-state index is -0.702. The van der Waals surface area contributed by atoms with Crippen LogP contribution in [0.1, 0.15) is 25.0 Å². The molecule has 7 heteroatoms. The largest absolute Gasteiger partial charge is 0.342 e. The molecule has 2 aromatic heterocycles. The summed E-state index contributed by atoms with van der Waals surface area (Å²) in [7, 11) is 0. The number of urea groups is 1. The molecule has 0 aliphatic carbocycles. The van der Waals surface area contributed by atoms with Gasteiger partial charge in [0.25, 0.3) is 0 Å². The number of nitrogens with one attached hydrogen (secondary N) is 2. The maximum absolute atomic E-state index is 12.5. The van der Waals surface area contributed by atoms with Gasteiger partial charge in [0.1, 0.15) is 12.2 Å². The minimum absolute atomic E-state index is 0.193. The number of carbonyl (C=O) groups excluding carboxylic acids is 1. The van der Waals surface area contributed by atoms with Crippen LogP contribution in [-0.2, 0) is 22.3 Å². The van der Waals surface area contributed by atoms with Gasteiger partial charge >= 0.3 is 6.03 Å². The van der Waals surface area contributed by atoms with Crippen molar-refractivity contribution in [2.24, 2.45) is 0 Å². The van der Waals surface area contributed by atoms with E-state index in [2.05, 4.69) is 20.6 Å². The van der Waals surface area contributed by atoms with Crippen molar-refractivity contribution < 1.29 is 14.3 Å². The molecule has 0 radical (unpaired) electrons. The normalized spacial score (nSPS) is 29.3. The summed E-state index contributed by atoms with van der Waals surface area (Å²) in [5.74, 6) is -0.702. The van der Waals surface area contributed by atoms with Gasteiger partial charge in [-0.3, -0.25) is 9.97 Å². The molecule has 0 aromatic carbocycles. The second-order valence-electron chi connectivity index (χ2n) is 7.51. The van der Waals surface area contributed by atoms with Crippen LogP contribution in [0.4, 0.5) is 4.79 Å². The molecule has 2 amide bonds. The molecule has 0 saturated carbocycles. The molecule has 2 aromatic rings. The van der Waals surface area contributed by atoms with Crippen molar-refractivity contribution in [1.82, 2.24) is 20.6 Å². The number of rotatable bonds is 4. The zero-order valence-corrected chi connectivity index (χ0v) is 15.5. The van der Waals surface area contributed by atoms with Gasteiger partial charge in [-0.2, -0.15) is 0 Å². The van der Waals surface area contributed by atoms with Crippen molar-refractivity contribution in [2.45, 2.75) is 56.8 Å². The standard InChI is InChI=1S/C20H24N4O3/c1-20(2)26-17-15(11-13-3-7-21-8-4-13)23-19(25)24-16(18(17)27-20)12-14-5-9-22-10-6-14/h3-10,15-18H,11-12H2,1-2H3,(H2,23,24,25)/t15-,16-,17+,18+/m1/s1. The Morgan fingerprint density at radius 1 is 0.852 bits per heavy atom. The Morgan fingerprint density at radius 3 is 1.67 bits per heavy atom. The molecule has 0 spiro atoms. The van der Waals surface area contributed by atoms with Crippen LogP contribution in [-0.4, -0.2) is 46.1 Å². The minimum Gasteiger partial charge on any atom is -0.342 e. The first-order chi connectivity index (χ1) is 13.0. The first-order valence-corrected chi connectivity index (χ1v) is 9.21. The molecule has 4 atom stereocenters. The number of carbonyl (C=O) groups is 1. The van der Waals surface area contributed by atoms with Gasteiger partial charge in [-0.05, 0) is 62.1 Å². The first-order valence-electron chi connectivity index (χ1n) is 9.21. The van der Waals surface area contributed by atoms with E-state index in [9.17, 15) is 4.79 Å². The van der Waals surface area contributed by atoms with Crippen molar-refractivity contribution in [3.8, 4) is 0 Å². The van der Waals surface area contributed by atoms with Crippen LogP contribution >= 0.6 is 0 Å². The molecule has 4 rings (SSSR count). The summed E-state index contributed by atoms with van der Waals surface area (Å²) in [4.78, 5) is 20.6. The summed E-state index contributed by atoms with van der Waals surface area (Å²) < 4.78 is 12.5. The Hall–Kier alpha value is -2.51. The van der Waals surface area contributed by atoms with Gasteiger partial charge in [-0.15, -0.1) is 0 Å². The lowest BCUT2D eigenvalue weighted by molar-refractivity contribution is -0.150. The summed E-state index contributed by atoms with van der Waals surface area (Å²) in [5, 5.41) is 6.13. The average molecular weight is 368 g/mol. The maximum Gasteiger partial charge on any atom is 0.315 e. The van der Waals surface area contributed by atoms with E-state index >= 15 is 0 Å². The van der Waals surface area contributed by atoms with Gasteiger partial charge in [0, 0.05) is 24.8 Å². The third-order valence-electron chi connectivity index (χ3n) is 5.00. The molecule has 27 heavy (non-hydrogen) atoms. The van der Waals surface area contributed by atoms with Crippen molar-refractivity contribution in [3.63, 3.8) is 0 Å². The van der Waals surface area contributed by atoms with Gasteiger partial charge in [-0.1, -0.05) is 0 Å². The third-order valence-corrected chi connectivity index (χ3v) is 5.00. The van der Waals surface area contributed by atoms with Gasteiger partial charge < -0.3 is 20.1 Å². The van der Waals surface area contributed by atoms with Crippen LogP contribution in [0, 0.1) is 0 Å². The molecule has 0 unspecified atom stereocenters. The Kier molecular flexibility index (Phi) is 4.80. The molecule has 2 N–H and O–H groups in total. The number of hydrogen-bond acceptors (Lipinski definition) is 5. The van der Waals surface area contributed by atoms with Gasteiger partial charge in [0.2, 0.25) is 0 Å². The van der Waals surface area contributed by atoms with Crippen molar-refractivity contribution in [3.05, 3.63) is 60.2 Å². The predicted octanol–water partition coefficient (Wildman–Crippen LogP) is 1.83. The van der Waals surface area contributed by atoms with E-state index in [0.717, 1.165) is 11.1 Å². The molecule has 0 bridgehead atoms. The molecule has 2 aliphatic heterocycles. The molecular weight excluding hydrogens is 344 g/mol. The van der Waals surface area contributed by atoms with E-state index in [0.29, 0.717) is 12.8 Å². The average Bonchev–Trinajstić information content (AvgIpc) is 2.93. The second kappa shape index (κ2) is 7.25. The fraction of sp³-hybridized carbons (Fsp3) is 0.450. The van der Waals surface area contributed by atoms with E-state index in [-0.39, 0.29) is 30.3 Å². The van der Waals surface area contributed by atoms with Crippen LogP contribution < -0.4 is 10.6 Å². The van der Waals surface area contributed by atoms with E-state index in [1.54, 1.807) is 24.8 Å². The summed E-state index contributed by atoms with van der Waals surface area (Å²) in [5.41, 5.74) is 2.19. The zero-order valence-electron chi connectivity index (χ0n) is 15.5. The molecular formula is C20H24N4O3. The fourth-order valence-electron chi connectivity index (χ4n) is 3.86. The Bertz CT molecular complexity index is 721. The van der Waals surface area contributed by atoms with Crippen LogP contribution in [0.25, 0.3) is 0 Å². The quantitative estimate of drug-likeness (QED) is 0.860. The summed E-state index contributed by atoms with van der Waals surface area (Å²) >= 11 is 0. The van der Waals surface area contributed by atoms with E-state index < -0.39 is 5.79 Å². The lowest BCUT2D eigenvalue weighted by Gasteiger charge is -2.26. The van der Waals surface area contributed by atoms with E-state index in [1.165, 1.54) is 0 Å². The molecule has 142 valence electrons. The Morgan fingerprint density at radius 2 is 1.26 bits per heavy atom. The maximum atomic E-state index is 12.5. The Balaban J connectivity index is 1.60. The van der Waals surface area contributed by atoms with E-state index in [1.807, 2.05) is 38.1 Å². The number of fused-ring (bicyclic) bond motifs is 1. The van der Waals surface area contributed by atoms with Crippen LogP contribution in [0.15, 0.2) is 49.1 Å². The highest BCUT2D eigenvalue weighted by Gasteiger charge is 2.50. The highest BCUT2D eigenvalue weighted by atomic mass is 16.8. The lowest BCUT2D eigenvalue weighted by Crippen LogP contribution is -2.47. The summed E-state index contributed by atoms with van der Waals surface area (Å²) in [6.45, 7) is 3.83. The monoisotopic (exact) mass is 368 g/mol. The molecule has 2 aliphatic rings. The lowest BCUT2D eigenvalue weighted by atomic mass is 9.93. The van der Waals surface area contributed by atoms with Crippen LogP contribution in [0.5, 0.6) is 0 Å². The van der Waals surface area contributed by atoms with Gasteiger partial charge in [0.05, 0.1) is 12.1 Å². The number of pyridine rings is 2.